The topological polar surface area (TPSA) is 136 Å². The van der Waals surface area contributed by atoms with Gasteiger partial charge in [0.05, 0.1) is 16.8 Å². The molecular formula is C18H14F2N6O3. The molecule has 148 valence electrons. The summed E-state index contributed by atoms with van der Waals surface area (Å²) in [4.78, 5) is 28.2. The summed E-state index contributed by atoms with van der Waals surface area (Å²) in [6, 6.07) is 8.14. The summed E-state index contributed by atoms with van der Waals surface area (Å²) in [5, 5.41) is 5.01. The van der Waals surface area contributed by atoms with E-state index in [-0.39, 0.29) is 28.6 Å². The van der Waals surface area contributed by atoms with E-state index in [0.29, 0.717) is 11.0 Å². The first kappa shape index (κ1) is 18.4. The molecule has 0 aliphatic heterocycles. The molecule has 0 aliphatic rings. The van der Waals surface area contributed by atoms with Crippen LogP contribution in [-0.4, -0.2) is 14.7 Å². The summed E-state index contributed by atoms with van der Waals surface area (Å²) >= 11 is 0. The third kappa shape index (κ3) is 2.84. The lowest BCUT2D eigenvalue weighted by Crippen LogP contribution is -2.41. The fourth-order valence-electron chi connectivity index (χ4n) is 3.02. The number of hydrogen-bond acceptors (Lipinski definition) is 7. The van der Waals surface area contributed by atoms with Crippen LogP contribution in [0.1, 0.15) is 5.69 Å². The Hall–Kier alpha value is -3.99. The van der Waals surface area contributed by atoms with Crippen LogP contribution in [0.5, 0.6) is 0 Å². The van der Waals surface area contributed by atoms with E-state index in [1.54, 1.807) is 24.3 Å². The largest absolute Gasteiger partial charge is 0.397 e. The fraction of sp³-hybridized carbons (Fsp3) is 0.0556. The second kappa shape index (κ2) is 6.56. The van der Waals surface area contributed by atoms with Gasteiger partial charge in [0.25, 0.3) is 5.56 Å². The molecule has 5 N–H and O–H groups in total. The van der Waals surface area contributed by atoms with Gasteiger partial charge in [-0.05, 0) is 19.1 Å². The van der Waals surface area contributed by atoms with Crippen molar-refractivity contribution in [2.75, 3.05) is 10.7 Å². The molecule has 0 radical (unpaired) electrons. The zero-order valence-electron chi connectivity index (χ0n) is 14.9. The second-order valence-electron chi connectivity index (χ2n) is 6.24. The summed E-state index contributed by atoms with van der Waals surface area (Å²) in [5.74, 6) is 3.60. The molecule has 0 aliphatic carbocycles. The number of anilines is 3. The molecule has 11 heteroatoms. The third-order valence-electron chi connectivity index (χ3n) is 4.40. The normalized spacial score (nSPS) is 11.2. The molecule has 0 saturated heterocycles. The average Bonchev–Trinajstić information content (AvgIpc) is 3.08. The number of nitrogens with one attached hydrogen (secondary N) is 1. The standard InChI is InChI=1S/C18H14F2N6O3/c1-8-15(26(22)13-7-11(20)10(19)6-12(13)21)17(27)25(18(28)23-8)16-9-4-2-3-5-14(9)29-24-16/h2-7H,21-22H2,1H3,(H,23,28). The van der Waals surface area contributed by atoms with E-state index >= 15 is 0 Å². The van der Waals surface area contributed by atoms with Crippen LogP contribution < -0.4 is 27.8 Å². The van der Waals surface area contributed by atoms with E-state index < -0.39 is 22.9 Å². The van der Waals surface area contributed by atoms with Gasteiger partial charge >= 0.3 is 5.69 Å². The number of rotatable bonds is 3. The van der Waals surface area contributed by atoms with Gasteiger partial charge in [-0.1, -0.05) is 17.3 Å². The molecule has 0 spiro atoms. The monoisotopic (exact) mass is 400 g/mol. The van der Waals surface area contributed by atoms with Crippen molar-refractivity contribution >= 4 is 28.0 Å². The predicted octanol–water partition coefficient (Wildman–Crippen LogP) is 1.85. The SMILES string of the molecule is Cc1[nH]c(=O)n(-c2noc3ccccc23)c(=O)c1N(N)c1cc(F)c(F)cc1N. The number of halogens is 2. The second-order valence-corrected chi connectivity index (χ2v) is 6.24. The van der Waals surface area contributed by atoms with E-state index in [9.17, 15) is 18.4 Å². The van der Waals surface area contributed by atoms with Gasteiger partial charge in [-0.15, -0.1) is 0 Å². The molecular weight excluding hydrogens is 386 g/mol. The highest BCUT2D eigenvalue weighted by molar-refractivity contribution is 5.84. The summed E-state index contributed by atoms with van der Waals surface area (Å²) < 4.78 is 33.0. The number of fused-ring (bicyclic) bond motifs is 1. The van der Waals surface area contributed by atoms with Gasteiger partial charge < -0.3 is 15.2 Å². The van der Waals surface area contributed by atoms with Crippen molar-refractivity contribution < 1.29 is 13.3 Å². The third-order valence-corrected chi connectivity index (χ3v) is 4.40. The van der Waals surface area contributed by atoms with Crippen molar-refractivity contribution in [2.24, 2.45) is 5.84 Å². The fourth-order valence-corrected chi connectivity index (χ4v) is 3.02. The van der Waals surface area contributed by atoms with Gasteiger partial charge in [-0.3, -0.25) is 9.80 Å². The molecule has 0 saturated carbocycles. The number of aromatic amines is 1. The van der Waals surface area contributed by atoms with Gasteiger partial charge in [-0.25, -0.2) is 24.0 Å². The molecule has 29 heavy (non-hydrogen) atoms. The van der Waals surface area contributed by atoms with Crippen LogP contribution in [0.4, 0.5) is 25.8 Å². The maximum absolute atomic E-state index is 13.7. The van der Waals surface area contributed by atoms with Gasteiger partial charge in [0, 0.05) is 17.8 Å². The Balaban J connectivity index is 1.97. The minimum atomic E-state index is -1.20. The van der Waals surface area contributed by atoms with E-state index in [4.69, 9.17) is 16.1 Å². The Kier molecular flexibility index (Phi) is 4.16. The van der Waals surface area contributed by atoms with Crippen LogP contribution >= 0.6 is 0 Å². The summed E-state index contributed by atoms with van der Waals surface area (Å²) in [7, 11) is 0. The number of hydrogen-bond donors (Lipinski definition) is 3. The van der Waals surface area contributed by atoms with Crippen LogP contribution in [0.3, 0.4) is 0 Å². The Labute approximate surface area is 160 Å². The molecule has 2 heterocycles. The molecule has 2 aromatic carbocycles. The maximum atomic E-state index is 13.7. The lowest BCUT2D eigenvalue weighted by molar-refractivity contribution is 0.450. The van der Waals surface area contributed by atoms with Crippen molar-refractivity contribution in [3.63, 3.8) is 0 Å². The summed E-state index contributed by atoms with van der Waals surface area (Å²) in [6.07, 6.45) is 0. The van der Waals surface area contributed by atoms with Crippen LogP contribution in [0.2, 0.25) is 0 Å². The number of nitrogen functional groups attached to an aromatic ring is 1. The lowest BCUT2D eigenvalue weighted by atomic mass is 10.2. The minimum absolute atomic E-state index is 0.0419. The molecule has 2 aromatic heterocycles. The molecule has 0 fully saturated rings. The number of para-hydroxylation sites is 1. The number of nitrogens with zero attached hydrogens (tertiary/aromatic N) is 3. The molecule has 0 bridgehead atoms. The zero-order valence-corrected chi connectivity index (χ0v) is 14.9. The average molecular weight is 400 g/mol. The minimum Gasteiger partial charge on any atom is -0.397 e. The highest BCUT2D eigenvalue weighted by atomic mass is 19.2. The Morgan fingerprint density at radius 1 is 1.17 bits per heavy atom. The van der Waals surface area contributed by atoms with Crippen molar-refractivity contribution in [1.82, 2.24) is 14.7 Å². The van der Waals surface area contributed by atoms with Gasteiger partial charge in [-0.2, -0.15) is 0 Å². The van der Waals surface area contributed by atoms with Crippen LogP contribution in [0.15, 0.2) is 50.5 Å². The number of H-pyrrole nitrogens is 1. The molecule has 0 amide bonds. The number of aromatic nitrogens is 3. The zero-order chi connectivity index (χ0) is 20.9. The van der Waals surface area contributed by atoms with Crippen molar-refractivity contribution in [1.29, 1.82) is 0 Å². The summed E-state index contributed by atoms with van der Waals surface area (Å²) in [5.41, 5.74) is 3.99. The lowest BCUT2D eigenvalue weighted by Gasteiger charge is -2.22. The molecule has 0 unspecified atom stereocenters. The quantitative estimate of drug-likeness (QED) is 0.271. The maximum Gasteiger partial charge on any atom is 0.334 e. The smallest absolute Gasteiger partial charge is 0.334 e. The number of aryl methyl sites for hydroxylation is 1. The highest BCUT2D eigenvalue weighted by Crippen LogP contribution is 2.29. The van der Waals surface area contributed by atoms with Gasteiger partial charge in [0.2, 0.25) is 0 Å². The van der Waals surface area contributed by atoms with Crippen LogP contribution in [0, 0.1) is 18.6 Å². The molecule has 0 atom stereocenters. The molecule has 9 nitrogen and oxygen atoms in total. The van der Waals surface area contributed by atoms with Crippen LogP contribution in [0.25, 0.3) is 16.8 Å². The van der Waals surface area contributed by atoms with Crippen molar-refractivity contribution in [3.8, 4) is 5.82 Å². The van der Waals surface area contributed by atoms with Crippen molar-refractivity contribution in [3.05, 3.63) is 74.6 Å². The van der Waals surface area contributed by atoms with E-state index in [1.165, 1.54) is 6.92 Å². The number of nitrogens with two attached hydrogens (primary N) is 2. The highest BCUT2D eigenvalue weighted by Gasteiger charge is 2.23. The Bertz CT molecular complexity index is 1370. The number of hydrazine groups is 1. The Morgan fingerprint density at radius 2 is 1.86 bits per heavy atom. The first-order valence-corrected chi connectivity index (χ1v) is 8.29. The first-order valence-electron chi connectivity index (χ1n) is 8.29. The van der Waals surface area contributed by atoms with E-state index in [2.05, 4.69) is 10.1 Å². The summed E-state index contributed by atoms with van der Waals surface area (Å²) in [6.45, 7) is 1.43. The first-order chi connectivity index (χ1) is 13.8. The van der Waals surface area contributed by atoms with Gasteiger partial charge in [0.1, 0.15) is 5.69 Å². The Morgan fingerprint density at radius 3 is 2.62 bits per heavy atom. The predicted molar refractivity (Wildman–Crippen MR) is 102 cm³/mol. The van der Waals surface area contributed by atoms with E-state index in [0.717, 1.165) is 21.7 Å². The van der Waals surface area contributed by atoms with E-state index in [1.807, 2.05) is 0 Å². The van der Waals surface area contributed by atoms with Crippen LogP contribution in [-0.2, 0) is 0 Å². The molecule has 4 aromatic rings. The van der Waals surface area contributed by atoms with Gasteiger partial charge in [0.15, 0.2) is 23.0 Å². The number of benzene rings is 2. The van der Waals surface area contributed by atoms with Crippen molar-refractivity contribution in [2.45, 2.75) is 6.92 Å². The molecule has 4 rings (SSSR count).